The molecule has 2 aromatic rings. The number of rotatable bonds is 3. The molecule has 0 atom stereocenters. The maximum absolute atomic E-state index is 12.3. The summed E-state index contributed by atoms with van der Waals surface area (Å²) in [5, 5.41) is 9.47. The van der Waals surface area contributed by atoms with E-state index in [4.69, 9.17) is 5.11 Å². The van der Waals surface area contributed by atoms with Crippen molar-refractivity contribution >= 4 is 51.2 Å². The van der Waals surface area contributed by atoms with Crippen molar-refractivity contribution in [2.24, 2.45) is 0 Å². The number of halogens is 3. The van der Waals surface area contributed by atoms with Gasteiger partial charge in [0.2, 0.25) is 0 Å². The van der Waals surface area contributed by atoms with Gasteiger partial charge in [0.05, 0.1) is 11.1 Å². The lowest BCUT2D eigenvalue weighted by atomic mass is 10.1. The summed E-state index contributed by atoms with van der Waals surface area (Å²) in [7, 11) is 0. The number of benzene rings is 1. The zero-order chi connectivity index (χ0) is 13.3. The predicted octanol–water partition coefficient (Wildman–Crippen LogP) is 3.85. The van der Waals surface area contributed by atoms with Crippen molar-refractivity contribution in [1.82, 2.24) is 4.98 Å². The zero-order valence-corrected chi connectivity index (χ0v) is 11.7. The monoisotopic (exact) mass is 381 g/mol. The molecule has 0 saturated heterocycles. The largest absolute Gasteiger partial charge is 0.478 e. The Morgan fingerprint density at radius 3 is 2.72 bits per heavy atom. The number of thioether (sulfide) groups is 1. The molecule has 0 unspecified atom stereocenters. The Kier molecular flexibility index (Phi) is 4.00. The van der Waals surface area contributed by atoms with Gasteiger partial charge in [0, 0.05) is 20.0 Å². The first-order valence-electron chi connectivity index (χ1n) is 4.75. The number of alkyl halides is 2. The van der Waals surface area contributed by atoms with Gasteiger partial charge in [0.25, 0.3) is 5.76 Å². The van der Waals surface area contributed by atoms with Crippen LogP contribution in [0.1, 0.15) is 10.4 Å². The molecule has 0 amide bonds. The van der Waals surface area contributed by atoms with Crippen LogP contribution in [-0.4, -0.2) is 21.8 Å². The number of carbonyl (C=O) groups is 1. The molecule has 0 aliphatic rings. The van der Waals surface area contributed by atoms with Gasteiger partial charge >= 0.3 is 5.97 Å². The summed E-state index contributed by atoms with van der Waals surface area (Å²) in [6.45, 7) is 0. The third-order valence-electron chi connectivity index (χ3n) is 2.20. The van der Waals surface area contributed by atoms with Gasteiger partial charge in [-0.3, -0.25) is 4.98 Å². The molecule has 1 aromatic carbocycles. The molecule has 3 nitrogen and oxygen atoms in total. The van der Waals surface area contributed by atoms with Crippen LogP contribution < -0.4 is 0 Å². The van der Waals surface area contributed by atoms with Crippen LogP contribution >= 0.6 is 34.4 Å². The highest BCUT2D eigenvalue weighted by molar-refractivity contribution is 14.1. The predicted molar refractivity (Wildman–Crippen MR) is 73.3 cm³/mol. The zero-order valence-electron chi connectivity index (χ0n) is 8.73. The number of carboxylic acids is 1. The van der Waals surface area contributed by atoms with E-state index in [0.29, 0.717) is 31.1 Å². The summed E-state index contributed by atoms with van der Waals surface area (Å²) in [4.78, 5) is 15.2. The van der Waals surface area contributed by atoms with E-state index in [0.717, 1.165) is 0 Å². The number of carboxylic acid groups (broad SMARTS) is 1. The van der Waals surface area contributed by atoms with E-state index in [-0.39, 0.29) is 5.56 Å². The third-order valence-corrected chi connectivity index (χ3v) is 4.23. The Morgan fingerprint density at radius 2 is 2.11 bits per heavy atom. The van der Waals surface area contributed by atoms with Crippen LogP contribution in [0.15, 0.2) is 29.3 Å². The van der Waals surface area contributed by atoms with E-state index in [1.165, 1.54) is 12.3 Å². The Balaban J connectivity index is 2.53. The van der Waals surface area contributed by atoms with Gasteiger partial charge in [-0.25, -0.2) is 4.79 Å². The fourth-order valence-electron chi connectivity index (χ4n) is 1.43. The molecular formula is C11H6F2INO2S. The number of fused-ring (bicyclic) bond motifs is 1. The van der Waals surface area contributed by atoms with E-state index in [9.17, 15) is 13.6 Å². The van der Waals surface area contributed by atoms with Crippen LogP contribution in [-0.2, 0) is 0 Å². The number of hydrogen-bond donors (Lipinski definition) is 1. The van der Waals surface area contributed by atoms with Crippen LogP contribution in [0, 0.1) is 3.57 Å². The Hall–Kier alpha value is -0.960. The molecule has 2 rings (SSSR count). The van der Waals surface area contributed by atoms with Gasteiger partial charge in [-0.1, -0.05) is 11.8 Å². The summed E-state index contributed by atoms with van der Waals surface area (Å²) in [6.07, 6.45) is 1.22. The second-order valence-corrected chi connectivity index (χ2v) is 5.58. The van der Waals surface area contributed by atoms with Crippen molar-refractivity contribution in [3.63, 3.8) is 0 Å². The second-order valence-electron chi connectivity index (χ2n) is 3.38. The topological polar surface area (TPSA) is 50.2 Å². The minimum atomic E-state index is -2.49. The lowest BCUT2D eigenvalue weighted by Gasteiger charge is -2.06. The minimum Gasteiger partial charge on any atom is -0.478 e. The molecule has 0 aliphatic heterocycles. The van der Waals surface area contributed by atoms with E-state index in [2.05, 4.69) is 4.98 Å². The summed E-state index contributed by atoms with van der Waals surface area (Å²) < 4.78 is 25.3. The van der Waals surface area contributed by atoms with Crippen molar-refractivity contribution in [1.29, 1.82) is 0 Å². The third kappa shape index (κ3) is 2.89. The van der Waals surface area contributed by atoms with Crippen LogP contribution in [0.25, 0.3) is 10.9 Å². The van der Waals surface area contributed by atoms with Gasteiger partial charge in [-0.05, 0) is 40.8 Å². The van der Waals surface area contributed by atoms with Crippen LogP contribution in [0.5, 0.6) is 0 Å². The molecule has 0 fully saturated rings. The smallest absolute Gasteiger partial charge is 0.337 e. The van der Waals surface area contributed by atoms with Crippen molar-refractivity contribution in [3.8, 4) is 0 Å². The average Bonchev–Trinajstić information content (AvgIpc) is 2.28. The summed E-state index contributed by atoms with van der Waals surface area (Å²) in [5.74, 6) is -3.56. The minimum absolute atomic E-state index is 0.0764. The Morgan fingerprint density at radius 1 is 1.39 bits per heavy atom. The molecule has 1 N–H and O–H groups in total. The normalized spacial score (nSPS) is 11.1. The Labute approximate surface area is 119 Å². The van der Waals surface area contributed by atoms with E-state index in [1.807, 2.05) is 22.6 Å². The first-order chi connectivity index (χ1) is 8.47. The fourth-order valence-corrected chi connectivity index (χ4v) is 2.85. The molecule has 94 valence electrons. The van der Waals surface area contributed by atoms with Crippen molar-refractivity contribution in [3.05, 3.63) is 33.5 Å². The number of hydrogen-bond acceptors (Lipinski definition) is 3. The number of aromatic nitrogens is 1. The Bertz CT molecular complexity index is 621. The highest BCUT2D eigenvalue weighted by Crippen LogP contribution is 2.32. The molecule has 1 aromatic heterocycles. The summed E-state index contributed by atoms with van der Waals surface area (Å²) in [5.41, 5.74) is 0.580. The van der Waals surface area contributed by atoms with Gasteiger partial charge in [-0.2, -0.15) is 8.78 Å². The standard InChI is InChI=1S/C11H6F2INO2S/c12-11(13)18-9-3-8-5(2-7(9)14)1-6(4-15-8)10(16)17/h1-4,11H,(H,16,17). The second kappa shape index (κ2) is 5.35. The van der Waals surface area contributed by atoms with E-state index < -0.39 is 11.7 Å². The maximum Gasteiger partial charge on any atom is 0.337 e. The SMILES string of the molecule is O=C(O)c1cnc2cc(SC(F)F)c(I)cc2c1. The van der Waals surface area contributed by atoms with Gasteiger partial charge in [0.15, 0.2) is 0 Å². The summed E-state index contributed by atoms with van der Waals surface area (Å²) in [6, 6.07) is 4.67. The molecule has 0 aliphatic carbocycles. The van der Waals surface area contributed by atoms with Gasteiger partial charge < -0.3 is 5.11 Å². The van der Waals surface area contributed by atoms with Crippen molar-refractivity contribution in [2.75, 3.05) is 0 Å². The van der Waals surface area contributed by atoms with Crippen LogP contribution in [0.3, 0.4) is 0 Å². The molecule has 18 heavy (non-hydrogen) atoms. The lowest BCUT2D eigenvalue weighted by molar-refractivity contribution is 0.0696. The van der Waals surface area contributed by atoms with E-state index in [1.54, 1.807) is 12.1 Å². The highest BCUT2D eigenvalue weighted by Gasteiger charge is 2.12. The van der Waals surface area contributed by atoms with Crippen molar-refractivity contribution < 1.29 is 18.7 Å². The highest BCUT2D eigenvalue weighted by atomic mass is 127. The maximum atomic E-state index is 12.3. The quantitative estimate of drug-likeness (QED) is 0.648. The van der Waals surface area contributed by atoms with Gasteiger partial charge in [0.1, 0.15) is 0 Å². The lowest BCUT2D eigenvalue weighted by Crippen LogP contribution is -1.97. The molecule has 1 heterocycles. The number of aromatic carboxylic acids is 1. The van der Waals surface area contributed by atoms with E-state index >= 15 is 0 Å². The first-order valence-corrected chi connectivity index (χ1v) is 6.70. The average molecular weight is 381 g/mol. The van der Waals surface area contributed by atoms with Crippen molar-refractivity contribution in [2.45, 2.75) is 10.7 Å². The van der Waals surface area contributed by atoms with Gasteiger partial charge in [-0.15, -0.1) is 0 Å². The van der Waals surface area contributed by atoms with Crippen LogP contribution in [0.2, 0.25) is 0 Å². The number of pyridine rings is 1. The first kappa shape index (κ1) is 13.5. The molecular weight excluding hydrogens is 375 g/mol. The molecule has 0 saturated carbocycles. The summed E-state index contributed by atoms with van der Waals surface area (Å²) >= 11 is 2.39. The molecule has 0 bridgehead atoms. The molecule has 7 heteroatoms. The number of nitrogens with zero attached hydrogens (tertiary/aromatic N) is 1. The fraction of sp³-hybridized carbons (Fsp3) is 0.0909. The molecule has 0 spiro atoms. The van der Waals surface area contributed by atoms with Crippen LogP contribution in [0.4, 0.5) is 8.78 Å². The molecule has 0 radical (unpaired) electrons.